The van der Waals surface area contributed by atoms with E-state index in [0.717, 1.165) is 17.6 Å². The van der Waals surface area contributed by atoms with Crippen molar-refractivity contribution in [3.63, 3.8) is 0 Å². The third kappa shape index (κ3) is 1.37. The van der Waals surface area contributed by atoms with Crippen molar-refractivity contribution in [2.75, 3.05) is 0 Å². The van der Waals surface area contributed by atoms with Crippen LogP contribution in [0.4, 0.5) is 0 Å². The second-order valence-electron chi connectivity index (χ2n) is 3.79. The van der Waals surface area contributed by atoms with Crippen molar-refractivity contribution < 1.29 is 4.79 Å². The van der Waals surface area contributed by atoms with Crippen LogP contribution in [0.5, 0.6) is 0 Å². The van der Waals surface area contributed by atoms with E-state index in [9.17, 15) is 4.79 Å². The highest BCUT2D eigenvalue weighted by Crippen LogP contribution is 2.25. The van der Waals surface area contributed by atoms with Gasteiger partial charge in [-0.3, -0.25) is 9.36 Å². The third-order valence-corrected chi connectivity index (χ3v) is 2.91. The molecule has 0 bridgehead atoms. The van der Waals surface area contributed by atoms with Gasteiger partial charge in [-0.25, -0.2) is 0 Å². The summed E-state index contributed by atoms with van der Waals surface area (Å²) < 4.78 is 1.80. The first-order valence-corrected chi connectivity index (χ1v) is 5.26. The van der Waals surface area contributed by atoms with Crippen LogP contribution in [0, 0.1) is 6.92 Å². The van der Waals surface area contributed by atoms with Gasteiger partial charge >= 0.3 is 0 Å². The van der Waals surface area contributed by atoms with E-state index >= 15 is 0 Å². The van der Waals surface area contributed by atoms with Gasteiger partial charge in [0.2, 0.25) is 5.91 Å². The predicted octanol–water partition coefficient (Wildman–Crippen LogP) is 3.17. The Kier molecular flexibility index (Phi) is 2.35. The van der Waals surface area contributed by atoms with Gasteiger partial charge < -0.3 is 0 Å². The molecule has 0 saturated heterocycles. The summed E-state index contributed by atoms with van der Waals surface area (Å²) in [7, 11) is 0. The molecule has 0 radical (unpaired) electrons. The van der Waals surface area contributed by atoms with E-state index in [1.54, 1.807) is 11.5 Å². The maximum absolute atomic E-state index is 11.6. The molecule has 1 aromatic carbocycles. The van der Waals surface area contributed by atoms with E-state index in [2.05, 4.69) is 13.0 Å². The topological polar surface area (TPSA) is 22.0 Å². The molecule has 2 rings (SSSR count). The van der Waals surface area contributed by atoms with Crippen LogP contribution < -0.4 is 0 Å². The number of para-hydroxylation sites is 1. The Morgan fingerprint density at radius 2 is 2.00 bits per heavy atom. The fourth-order valence-corrected chi connectivity index (χ4v) is 2.29. The zero-order valence-corrected chi connectivity index (χ0v) is 9.37. The fraction of sp³-hybridized carbons (Fsp3) is 0.308. The highest BCUT2D eigenvalue weighted by molar-refractivity contribution is 5.95. The van der Waals surface area contributed by atoms with Crippen LogP contribution in [0.25, 0.3) is 10.9 Å². The first-order valence-electron chi connectivity index (χ1n) is 5.26. The van der Waals surface area contributed by atoms with Crippen LogP contribution >= 0.6 is 0 Å². The van der Waals surface area contributed by atoms with Gasteiger partial charge in [0, 0.05) is 18.0 Å². The molecule has 0 atom stereocenters. The standard InChI is InChI=1S/C13H15NO/c1-4-11-9(2)14(10(3)15)13-8-6-5-7-12(11)13/h5-8H,4H2,1-3H3. The summed E-state index contributed by atoms with van der Waals surface area (Å²) in [5, 5.41) is 1.20. The molecule has 2 nitrogen and oxygen atoms in total. The fourth-order valence-electron chi connectivity index (χ4n) is 2.29. The number of carbonyl (C=O) groups excluding carboxylic acids is 1. The predicted molar refractivity (Wildman–Crippen MR) is 62.4 cm³/mol. The van der Waals surface area contributed by atoms with Crippen molar-refractivity contribution in [3.8, 4) is 0 Å². The lowest BCUT2D eigenvalue weighted by Crippen LogP contribution is -2.07. The summed E-state index contributed by atoms with van der Waals surface area (Å²) in [6.45, 7) is 5.75. The van der Waals surface area contributed by atoms with E-state index in [-0.39, 0.29) is 5.91 Å². The molecule has 2 aromatic rings. The highest BCUT2D eigenvalue weighted by Gasteiger charge is 2.13. The van der Waals surface area contributed by atoms with E-state index in [1.165, 1.54) is 10.9 Å². The second-order valence-corrected chi connectivity index (χ2v) is 3.79. The SMILES string of the molecule is CCc1c(C)n(C(C)=O)c2ccccc12. The average molecular weight is 201 g/mol. The van der Waals surface area contributed by atoms with Gasteiger partial charge in [-0.05, 0) is 25.0 Å². The maximum Gasteiger partial charge on any atom is 0.228 e. The van der Waals surface area contributed by atoms with Gasteiger partial charge in [0.15, 0.2) is 0 Å². The summed E-state index contributed by atoms with van der Waals surface area (Å²) in [6, 6.07) is 8.08. The molecule has 0 aliphatic heterocycles. The second kappa shape index (κ2) is 3.54. The molecule has 0 spiro atoms. The number of aryl methyl sites for hydroxylation is 1. The van der Waals surface area contributed by atoms with E-state index in [1.807, 2.05) is 25.1 Å². The van der Waals surface area contributed by atoms with E-state index in [0.29, 0.717) is 0 Å². The Labute approximate surface area is 89.5 Å². The Balaban J connectivity index is 2.91. The summed E-state index contributed by atoms with van der Waals surface area (Å²) >= 11 is 0. The number of nitrogens with zero attached hydrogens (tertiary/aromatic N) is 1. The Hall–Kier alpha value is -1.57. The average Bonchev–Trinajstić information content (AvgIpc) is 2.49. The number of rotatable bonds is 1. The zero-order chi connectivity index (χ0) is 11.0. The minimum atomic E-state index is 0.0865. The van der Waals surface area contributed by atoms with Crippen LogP contribution in [-0.2, 0) is 6.42 Å². The molecule has 0 aliphatic carbocycles. The minimum absolute atomic E-state index is 0.0865. The Morgan fingerprint density at radius 1 is 1.33 bits per heavy atom. The van der Waals surface area contributed by atoms with Crippen LogP contribution in [0.15, 0.2) is 24.3 Å². The third-order valence-electron chi connectivity index (χ3n) is 2.91. The van der Waals surface area contributed by atoms with E-state index < -0.39 is 0 Å². The van der Waals surface area contributed by atoms with Crippen LogP contribution in [0.2, 0.25) is 0 Å². The number of benzene rings is 1. The molecule has 0 saturated carbocycles. The van der Waals surface area contributed by atoms with Gasteiger partial charge in [0.25, 0.3) is 0 Å². The van der Waals surface area contributed by atoms with Crippen molar-refractivity contribution in [2.45, 2.75) is 27.2 Å². The first-order chi connectivity index (χ1) is 7.16. The number of hydrogen-bond donors (Lipinski definition) is 0. The number of fused-ring (bicyclic) bond motifs is 1. The lowest BCUT2D eigenvalue weighted by molar-refractivity contribution is 0.0939. The quantitative estimate of drug-likeness (QED) is 0.694. The molecule has 0 fully saturated rings. The van der Waals surface area contributed by atoms with Crippen molar-refractivity contribution >= 4 is 16.8 Å². The van der Waals surface area contributed by atoms with Gasteiger partial charge in [0.1, 0.15) is 0 Å². The van der Waals surface area contributed by atoms with Crippen molar-refractivity contribution in [2.24, 2.45) is 0 Å². The van der Waals surface area contributed by atoms with Gasteiger partial charge in [-0.15, -0.1) is 0 Å². The van der Waals surface area contributed by atoms with Crippen LogP contribution in [0.1, 0.15) is 29.9 Å². The van der Waals surface area contributed by atoms with Crippen molar-refractivity contribution in [3.05, 3.63) is 35.5 Å². The number of hydrogen-bond acceptors (Lipinski definition) is 1. The minimum Gasteiger partial charge on any atom is -0.284 e. The highest BCUT2D eigenvalue weighted by atomic mass is 16.1. The maximum atomic E-state index is 11.6. The molecule has 0 aliphatic rings. The number of carbonyl (C=O) groups is 1. The summed E-state index contributed by atoms with van der Waals surface area (Å²) in [5.41, 5.74) is 3.38. The molecule has 78 valence electrons. The molecule has 15 heavy (non-hydrogen) atoms. The molecular weight excluding hydrogens is 186 g/mol. The molecule has 1 aromatic heterocycles. The number of aromatic nitrogens is 1. The van der Waals surface area contributed by atoms with Crippen molar-refractivity contribution in [1.82, 2.24) is 4.57 Å². The van der Waals surface area contributed by atoms with Crippen LogP contribution in [-0.4, -0.2) is 10.5 Å². The van der Waals surface area contributed by atoms with Crippen LogP contribution in [0.3, 0.4) is 0 Å². The monoisotopic (exact) mass is 201 g/mol. The van der Waals surface area contributed by atoms with Gasteiger partial charge in [-0.1, -0.05) is 25.1 Å². The molecular formula is C13H15NO. The summed E-state index contributed by atoms with van der Waals surface area (Å²) in [4.78, 5) is 11.6. The van der Waals surface area contributed by atoms with Gasteiger partial charge in [0.05, 0.1) is 5.52 Å². The molecule has 0 amide bonds. The van der Waals surface area contributed by atoms with Gasteiger partial charge in [-0.2, -0.15) is 0 Å². The largest absolute Gasteiger partial charge is 0.284 e. The molecule has 0 N–H and O–H groups in total. The normalized spacial score (nSPS) is 10.9. The summed E-state index contributed by atoms with van der Waals surface area (Å²) in [5.74, 6) is 0.0865. The molecule has 2 heteroatoms. The summed E-state index contributed by atoms with van der Waals surface area (Å²) in [6.07, 6.45) is 0.965. The Morgan fingerprint density at radius 3 is 2.60 bits per heavy atom. The lowest BCUT2D eigenvalue weighted by atomic mass is 10.1. The van der Waals surface area contributed by atoms with E-state index in [4.69, 9.17) is 0 Å². The first kappa shape index (κ1) is 9.97. The molecule has 0 unspecified atom stereocenters. The smallest absolute Gasteiger partial charge is 0.228 e. The Bertz CT molecular complexity index is 523. The molecule has 1 heterocycles. The zero-order valence-electron chi connectivity index (χ0n) is 9.37. The lowest BCUT2D eigenvalue weighted by Gasteiger charge is -2.02. The van der Waals surface area contributed by atoms with Crippen molar-refractivity contribution in [1.29, 1.82) is 0 Å².